The van der Waals surface area contributed by atoms with Crippen molar-refractivity contribution < 1.29 is 14.3 Å². The molecule has 2 aromatic carbocycles. The van der Waals surface area contributed by atoms with Crippen LogP contribution < -0.4 is 4.74 Å². The summed E-state index contributed by atoms with van der Waals surface area (Å²) in [6.45, 7) is 4.67. The Morgan fingerprint density at radius 2 is 1.96 bits per heavy atom. The van der Waals surface area contributed by atoms with Gasteiger partial charge in [-0.15, -0.1) is 0 Å². The van der Waals surface area contributed by atoms with Crippen LogP contribution in [0.5, 0.6) is 11.5 Å². The largest absolute Gasteiger partial charge is 0.504 e. The van der Waals surface area contributed by atoms with Gasteiger partial charge in [-0.25, -0.2) is 0 Å². The molecule has 1 saturated carbocycles. The molecule has 1 heterocycles. The van der Waals surface area contributed by atoms with Crippen molar-refractivity contribution in [2.75, 3.05) is 27.2 Å². The van der Waals surface area contributed by atoms with Crippen molar-refractivity contribution in [3.05, 3.63) is 58.7 Å². The van der Waals surface area contributed by atoms with Crippen LogP contribution in [0.4, 0.5) is 0 Å². The van der Waals surface area contributed by atoms with Gasteiger partial charge in [-0.1, -0.05) is 29.8 Å². The Labute approximate surface area is 156 Å². The number of hydrogen-bond acceptors (Lipinski definition) is 2. The van der Waals surface area contributed by atoms with Gasteiger partial charge < -0.3 is 14.3 Å². The minimum Gasteiger partial charge on any atom is -0.504 e. The van der Waals surface area contributed by atoms with Crippen molar-refractivity contribution >= 4 is 0 Å². The van der Waals surface area contributed by atoms with Crippen molar-refractivity contribution in [1.29, 1.82) is 0 Å². The lowest BCUT2D eigenvalue weighted by molar-refractivity contribution is -0.943. The number of fused-ring (bicyclic) bond motifs is 1. The zero-order valence-corrected chi connectivity index (χ0v) is 16.2. The molecule has 1 aliphatic heterocycles. The molecule has 2 atom stereocenters. The van der Waals surface area contributed by atoms with E-state index in [0.29, 0.717) is 11.8 Å². The van der Waals surface area contributed by atoms with Crippen LogP contribution in [0.15, 0.2) is 36.4 Å². The van der Waals surface area contributed by atoms with Crippen LogP contribution in [0, 0.1) is 12.8 Å². The van der Waals surface area contributed by atoms with E-state index in [9.17, 15) is 5.11 Å². The highest BCUT2D eigenvalue weighted by molar-refractivity contribution is 5.43. The lowest BCUT2D eigenvalue weighted by Crippen LogP contribution is -2.53. The smallest absolute Gasteiger partial charge is 0.160 e. The summed E-state index contributed by atoms with van der Waals surface area (Å²) < 4.78 is 6.33. The summed E-state index contributed by atoms with van der Waals surface area (Å²) in [6.07, 6.45) is 4.91. The Morgan fingerprint density at radius 1 is 1.15 bits per heavy atom. The summed E-state index contributed by atoms with van der Waals surface area (Å²) in [5, 5.41) is 10.2. The fourth-order valence-electron chi connectivity index (χ4n) is 4.67. The Kier molecular flexibility index (Phi) is 4.44. The topological polar surface area (TPSA) is 29.5 Å². The first-order chi connectivity index (χ1) is 12.5. The Morgan fingerprint density at radius 3 is 2.65 bits per heavy atom. The van der Waals surface area contributed by atoms with Gasteiger partial charge in [0.1, 0.15) is 6.04 Å². The van der Waals surface area contributed by atoms with E-state index in [1.54, 1.807) is 7.11 Å². The quantitative estimate of drug-likeness (QED) is 0.808. The van der Waals surface area contributed by atoms with Crippen LogP contribution in [-0.2, 0) is 12.8 Å². The molecule has 0 aromatic heterocycles. The Bertz CT molecular complexity index is 812. The van der Waals surface area contributed by atoms with Gasteiger partial charge in [-0.2, -0.15) is 0 Å². The Hall–Kier alpha value is -2.00. The molecule has 2 aromatic rings. The van der Waals surface area contributed by atoms with Gasteiger partial charge in [0.2, 0.25) is 0 Å². The number of quaternary nitrogens is 1. The van der Waals surface area contributed by atoms with Crippen LogP contribution in [0.2, 0.25) is 0 Å². The summed E-state index contributed by atoms with van der Waals surface area (Å²) in [5.74, 6) is 1.68. The fraction of sp³-hybridized carbons (Fsp3) is 0.478. The molecule has 3 heteroatoms. The summed E-state index contributed by atoms with van der Waals surface area (Å²) in [7, 11) is 4.03. The molecule has 1 fully saturated rings. The molecule has 0 radical (unpaired) electrons. The van der Waals surface area contributed by atoms with E-state index in [-0.39, 0.29) is 5.75 Å². The molecule has 0 bridgehead atoms. The molecule has 138 valence electrons. The molecule has 4 rings (SSSR count). The number of phenols is 1. The zero-order chi connectivity index (χ0) is 18.3. The molecule has 1 aliphatic carbocycles. The van der Waals surface area contributed by atoms with Gasteiger partial charge in [0.25, 0.3) is 0 Å². The third kappa shape index (κ3) is 3.33. The molecular formula is C23H30NO2+. The van der Waals surface area contributed by atoms with Crippen molar-refractivity contribution in [3.8, 4) is 11.5 Å². The van der Waals surface area contributed by atoms with E-state index in [1.807, 2.05) is 12.1 Å². The van der Waals surface area contributed by atoms with Gasteiger partial charge in [-0.05, 0) is 43.0 Å². The maximum absolute atomic E-state index is 10.2. The Balaban J connectivity index is 1.69. The lowest BCUT2D eigenvalue weighted by atomic mass is 9.85. The maximum atomic E-state index is 10.2. The minimum absolute atomic E-state index is 0.237. The van der Waals surface area contributed by atoms with Crippen molar-refractivity contribution in [2.45, 2.75) is 38.6 Å². The number of aromatic hydroxyl groups is 1. The van der Waals surface area contributed by atoms with Gasteiger partial charge >= 0.3 is 0 Å². The third-order valence-electron chi connectivity index (χ3n) is 6.35. The first kappa shape index (κ1) is 17.4. The number of likely N-dealkylation sites (N-methyl/N-ethyl adjacent to an activating group) is 1. The number of methoxy groups -OCH3 is 1. The van der Waals surface area contributed by atoms with Crippen molar-refractivity contribution in [3.63, 3.8) is 0 Å². The van der Waals surface area contributed by atoms with E-state index in [4.69, 9.17) is 4.74 Å². The second-order valence-corrected chi connectivity index (χ2v) is 8.51. The highest BCUT2D eigenvalue weighted by Crippen LogP contribution is 2.42. The zero-order valence-electron chi connectivity index (χ0n) is 16.2. The molecule has 0 amide bonds. The molecule has 26 heavy (non-hydrogen) atoms. The molecule has 1 N–H and O–H groups in total. The van der Waals surface area contributed by atoms with E-state index in [0.717, 1.165) is 16.8 Å². The van der Waals surface area contributed by atoms with Gasteiger partial charge in [0.15, 0.2) is 11.5 Å². The average molecular weight is 352 g/mol. The molecule has 0 unspecified atom stereocenters. The number of benzene rings is 2. The van der Waals surface area contributed by atoms with Crippen LogP contribution in [0.1, 0.15) is 41.1 Å². The molecule has 2 aliphatic rings. The molecule has 3 nitrogen and oxygen atoms in total. The second-order valence-electron chi connectivity index (χ2n) is 8.51. The normalized spacial score (nSPS) is 25.0. The van der Waals surface area contributed by atoms with Crippen LogP contribution >= 0.6 is 0 Å². The van der Waals surface area contributed by atoms with Gasteiger partial charge in [-0.3, -0.25) is 0 Å². The number of rotatable bonds is 5. The number of hydrogen-bond donors (Lipinski definition) is 1. The standard InChI is InChI=1S/C23H29NO2/c1-16-4-8-20-19(12-16)10-11-24(2,15-17-5-6-17)21(20)13-18-7-9-23(26-3)22(25)14-18/h4,7-9,12,14,17,21H,5-6,10-11,13,15H2,1-3H3/p+1/t21-,24-/m0/s1. The monoisotopic (exact) mass is 352 g/mol. The van der Waals surface area contributed by atoms with Crippen LogP contribution in [0.3, 0.4) is 0 Å². The first-order valence-electron chi connectivity index (χ1n) is 9.78. The number of nitrogens with zero attached hydrogens (tertiary/aromatic N) is 1. The maximum Gasteiger partial charge on any atom is 0.160 e. The summed E-state index contributed by atoms with van der Waals surface area (Å²) in [6, 6.07) is 13.3. The second kappa shape index (κ2) is 6.62. The van der Waals surface area contributed by atoms with Crippen LogP contribution in [-0.4, -0.2) is 36.8 Å². The van der Waals surface area contributed by atoms with E-state index < -0.39 is 0 Å². The first-order valence-corrected chi connectivity index (χ1v) is 9.78. The summed E-state index contributed by atoms with van der Waals surface area (Å²) >= 11 is 0. The van der Waals surface area contributed by atoms with Gasteiger partial charge in [0, 0.05) is 24.3 Å². The summed E-state index contributed by atoms with van der Waals surface area (Å²) in [4.78, 5) is 0. The van der Waals surface area contributed by atoms with Crippen LogP contribution in [0.25, 0.3) is 0 Å². The fourth-order valence-corrected chi connectivity index (χ4v) is 4.67. The lowest BCUT2D eigenvalue weighted by Gasteiger charge is -2.46. The highest BCUT2D eigenvalue weighted by atomic mass is 16.5. The predicted octanol–water partition coefficient (Wildman–Crippen LogP) is 4.41. The molecule has 0 saturated heterocycles. The van der Waals surface area contributed by atoms with E-state index >= 15 is 0 Å². The predicted molar refractivity (Wildman–Crippen MR) is 105 cm³/mol. The van der Waals surface area contributed by atoms with E-state index in [2.05, 4.69) is 38.2 Å². The summed E-state index contributed by atoms with van der Waals surface area (Å²) in [5.41, 5.74) is 5.55. The third-order valence-corrected chi connectivity index (χ3v) is 6.35. The van der Waals surface area contributed by atoms with Gasteiger partial charge in [0.05, 0.1) is 27.2 Å². The highest BCUT2D eigenvalue weighted by Gasteiger charge is 2.42. The molecular weight excluding hydrogens is 322 g/mol. The average Bonchev–Trinajstić information content (AvgIpc) is 3.41. The minimum atomic E-state index is 0.237. The number of aryl methyl sites for hydroxylation is 1. The van der Waals surface area contributed by atoms with Crippen molar-refractivity contribution in [2.24, 2.45) is 5.92 Å². The molecule has 0 spiro atoms. The van der Waals surface area contributed by atoms with E-state index in [1.165, 1.54) is 54.6 Å². The SMILES string of the molecule is COc1ccc(C[C@H]2c3ccc(C)cc3CC[N@@+]2(C)CC2CC2)cc1O. The number of phenolic OH excluding ortho intramolecular Hbond substituents is 1. The van der Waals surface area contributed by atoms with Crippen molar-refractivity contribution in [1.82, 2.24) is 0 Å². The number of ether oxygens (including phenoxy) is 1.